The lowest BCUT2D eigenvalue weighted by atomic mass is 9.97. The van der Waals surface area contributed by atoms with E-state index in [1.165, 1.54) is 0 Å². The zero-order chi connectivity index (χ0) is 18.5. The first kappa shape index (κ1) is 18.4. The fourth-order valence-corrected chi connectivity index (χ4v) is 3.65. The molecule has 0 bridgehead atoms. The molecule has 1 heterocycles. The molecular weight excluding hydrogens is 328 g/mol. The lowest BCUT2D eigenvalue weighted by Crippen LogP contribution is -2.34. The van der Waals surface area contributed by atoms with Gasteiger partial charge in [-0.2, -0.15) is 0 Å². The van der Waals surface area contributed by atoms with E-state index in [-0.39, 0.29) is 12.5 Å². The number of hydrogen-bond donors (Lipinski definition) is 0. The minimum absolute atomic E-state index is 0.159. The molecule has 5 nitrogen and oxygen atoms in total. The Hall–Kier alpha value is -2.43. The molecule has 138 valence electrons. The third-order valence-electron chi connectivity index (χ3n) is 5.07. The van der Waals surface area contributed by atoms with E-state index in [0.717, 1.165) is 54.3 Å². The van der Waals surface area contributed by atoms with Gasteiger partial charge in [-0.15, -0.1) is 0 Å². The highest BCUT2D eigenvalue weighted by Gasteiger charge is 2.23. The summed E-state index contributed by atoms with van der Waals surface area (Å²) in [6.07, 6.45) is 5.00. The first-order chi connectivity index (χ1) is 12.7. The molecule has 0 aliphatic heterocycles. The van der Waals surface area contributed by atoms with Crippen molar-refractivity contribution in [3.8, 4) is 0 Å². The second kappa shape index (κ2) is 8.30. The molecule has 1 aromatic heterocycles. The van der Waals surface area contributed by atoms with Gasteiger partial charge < -0.3 is 9.64 Å². The molecular formula is C21H26N2O3. The van der Waals surface area contributed by atoms with Gasteiger partial charge in [-0.3, -0.25) is 9.78 Å². The highest BCUT2D eigenvalue weighted by molar-refractivity contribution is 6.05. The molecule has 1 aliphatic carbocycles. The van der Waals surface area contributed by atoms with Crippen LogP contribution in [-0.2, 0) is 22.4 Å². The average Bonchev–Trinajstić information content (AvgIpc) is 2.90. The number of aryl methyl sites for hydroxylation is 1. The maximum Gasteiger partial charge on any atom is 0.339 e. The van der Waals surface area contributed by atoms with E-state index >= 15 is 0 Å². The Morgan fingerprint density at radius 3 is 2.58 bits per heavy atom. The Kier molecular flexibility index (Phi) is 5.86. The fraction of sp³-hybridized carbons (Fsp3) is 0.476. The van der Waals surface area contributed by atoms with Gasteiger partial charge in [0, 0.05) is 24.2 Å². The number of nitrogens with zero attached hydrogens (tertiary/aromatic N) is 2. The van der Waals surface area contributed by atoms with E-state index in [4.69, 9.17) is 9.72 Å². The Morgan fingerprint density at radius 1 is 1.08 bits per heavy atom. The minimum atomic E-state index is -0.415. The van der Waals surface area contributed by atoms with Gasteiger partial charge >= 0.3 is 5.97 Å². The third-order valence-corrected chi connectivity index (χ3v) is 5.07. The van der Waals surface area contributed by atoms with Crippen LogP contribution in [0.15, 0.2) is 24.3 Å². The number of carbonyl (C=O) groups excluding carboxylic acids is 2. The maximum atomic E-state index is 12.9. The smallest absolute Gasteiger partial charge is 0.339 e. The number of ether oxygens (including phenoxy) is 1. The average molecular weight is 354 g/mol. The zero-order valence-corrected chi connectivity index (χ0v) is 15.6. The van der Waals surface area contributed by atoms with E-state index in [2.05, 4.69) is 0 Å². The van der Waals surface area contributed by atoms with E-state index in [1.807, 2.05) is 38.1 Å². The molecule has 0 spiro atoms. The van der Waals surface area contributed by atoms with E-state index < -0.39 is 5.97 Å². The molecule has 0 fully saturated rings. The molecule has 0 saturated carbocycles. The number of pyridine rings is 1. The minimum Gasteiger partial charge on any atom is -0.452 e. The Morgan fingerprint density at radius 2 is 1.81 bits per heavy atom. The van der Waals surface area contributed by atoms with E-state index in [9.17, 15) is 9.59 Å². The van der Waals surface area contributed by atoms with Gasteiger partial charge in [-0.25, -0.2) is 4.79 Å². The van der Waals surface area contributed by atoms with Crippen molar-refractivity contribution in [1.82, 2.24) is 9.88 Å². The van der Waals surface area contributed by atoms with Gasteiger partial charge in [0.2, 0.25) is 0 Å². The predicted molar refractivity (Wildman–Crippen MR) is 101 cm³/mol. The predicted octanol–water partition coefficient (Wildman–Crippen LogP) is 3.53. The highest BCUT2D eigenvalue weighted by Crippen LogP contribution is 2.29. The Balaban J connectivity index is 1.94. The first-order valence-electron chi connectivity index (χ1n) is 9.51. The van der Waals surface area contributed by atoms with Crippen LogP contribution in [0, 0.1) is 0 Å². The van der Waals surface area contributed by atoms with Gasteiger partial charge in [0.15, 0.2) is 6.61 Å². The summed E-state index contributed by atoms with van der Waals surface area (Å²) in [5, 5.41) is 0.813. The van der Waals surface area contributed by atoms with Crippen LogP contribution in [0.4, 0.5) is 0 Å². The molecule has 0 N–H and O–H groups in total. The van der Waals surface area contributed by atoms with Crippen molar-refractivity contribution in [2.24, 2.45) is 0 Å². The molecule has 0 unspecified atom stereocenters. The number of carbonyl (C=O) groups is 2. The topological polar surface area (TPSA) is 59.5 Å². The van der Waals surface area contributed by atoms with Crippen molar-refractivity contribution in [3.05, 3.63) is 41.1 Å². The Bertz CT molecular complexity index is 812. The van der Waals surface area contributed by atoms with Gasteiger partial charge in [-0.05, 0) is 51.2 Å². The molecule has 1 aliphatic rings. The second-order valence-corrected chi connectivity index (χ2v) is 6.63. The van der Waals surface area contributed by atoms with Crippen LogP contribution in [0.1, 0.15) is 54.7 Å². The molecule has 1 amide bonds. The molecule has 26 heavy (non-hydrogen) atoms. The highest BCUT2D eigenvalue weighted by atomic mass is 16.5. The maximum absolute atomic E-state index is 12.9. The SMILES string of the molecule is CCN(CC)C(=O)COC(=O)c1c2c(nc3ccccc13)CCCCC2. The quantitative estimate of drug-likeness (QED) is 0.609. The summed E-state index contributed by atoms with van der Waals surface area (Å²) in [6, 6.07) is 7.68. The molecule has 0 radical (unpaired) electrons. The summed E-state index contributed by atoms with van der Waals surface area (Å²) in [5.74, 6) is -0.574. The second-order valence-electron chi connectivity index (χ2n) is 6.63. The van der Waals surface area contributed by atoms with Crippen LogP contribution in [0.5, 0.6) is 0 Å². The summed E-state index contributed by atoms with van der Waals surface area (Å²) in [6.45, 7) is 4.84. The number of esters is 1. The fourth-order valence-electron chi connectivity index (χ4n) is 3.65. The summed E-state index contributed by atoms with van der Waals surface area (Å²) >= 11 is 0. The van der Waals surface area contributed by atoms with Crippen molar-refractivity contribution >= 4 is 22.8 Å². The van der Waals surface area contributed by atoms with Gasteiger partial charge in [0.1, 0.15) is 0 Å². The molecule has 2 aromatic rings. The number of benzene rings is 1. The molecule has 1 aromatic carbocycles. The third kappa shape index (κ3) is 3.71. The number of fused-ring (bicyclic) bond motifs is 2. The van der Waals surface area contributed by atoms with Gasteiger partial charge in [0.05, 0.1) is 11.1 Å². The van der Waals surface area contributed by atoms with Gasteiger partial charge in [0.25, 0.3) is 5.91 Å². The summed E-state index contributed by atoms with van der Waals surface area (Å²) in [4.78, 5) is 31.6. The van der Waals surface area contributed by atoms with Crippen molar-refractivity contribution in [2.75, 3.05) is 19.7 Å². The monoisotopic (exact) mass is 354 g/mol. The summed E-state index contributed by atoms with van der Waals surface area (Å²) in [7, 11) is 0. The largest absolute Gasteiger partial charge is 0.452 e. The van der Waals surface area contributed by atoms with Crippen molar-refractivity contribution in [2.45, 2.75) is 46.0 Å². The number of likely N-dealkylation sites (N-methyl/N-ethyl adjacent to an activating group) is 1. The molecule has 0 saturated heterocycles. The van der Waals surface area contributed by atoms with Crippen LogP contribution in [0.3, 0.4) is 0 Å². The normalized spacial score (nSPS) is 13.8. The van der Waals surface area contributed by atoms with E-state index in [0.29, 0.717) is 18.7 Å². The Labute approximate surface area is 154 Å². The van der Waals surface area contributed by atoms with E-state index in [1.54, 1.807) is 4.90 Å². The molecule has 3 rings (SSSR count). The van der Waals surface area contributed by atoms with Crippen LogP contribution < -0.4 is 0 Å². The summed E-state index contributed by atoms with van der Waals surface area (Å²) in [5.41, 5.74) is 3.42. The van der Waals surface area contributed by atoms with Crippen LogP contribution in [0.25, 0.3) is 10.9 Å². The lowest BCUT2D eigenvalue weighted by molar-refractivity contribution is -0.134. The zero-order valence-electron chi connectivity index (χ0n) is 15.6. The van der Waals surface area contributed by atoms with Crippen molar-refractivity contribution in [3.63, 3.8) is 0 Å². The van der Waals surface area contributed by atoms with Crippen LogP contribution in [-0.4, -0.2) is 41.5 Å². The van der Waals surface area contributed by atoms with Gasteiger partial charge in [-0.1, -0.05) is 24.6 Å². The number of aromatic nitrogens is 1. The van der Waals surface area contributed by atoms with Crippen LogP contribution >= 0.6 is 0 Å². The number of hydrogen-bond acceptors (Lipinski definition) is 4. The number of para-hydroxylation sites is 1. The van der Waals surface area contributed by atoms with Crippen molar-refractivity contribution < 1.29 is 14.3 Å². The molecule has 0 atom stereocenters. The number of rotatable bonds is 5. The lowest BCUT2D eigenvalue weighted by Gasteiger charge is -2.19. The van der Waals surface area contributed by atoms with Crippen molar-refractivity contribution in [1.29, 1.82) is 0 Å². The standard InChI is InChI=1S/C21H26N2O3/c1-3-23(4-2)19(24)14-26-21(25)20-15-10-6-5-7-12-17(15)22-18-13-9-8-11-16(18)20/h8-9,11,13H,3-7,10,12,14H2,1-2H3. The molecule has 5 heteroatoms. The van der Waals surface area contributed by atoms with Crippen LogP contribution in [0.2, 0.25) is 0 Å². The first-order valence-corrected chi connectivity index (χ1v) is 9.51. The summed E-state index contributed by atoms with van der Waals surface area (Å²) < 4.78 is 5.43. The number of amides is 1.